The Hall–Kier alpha value is -0.890. The van der Waals surface area contributed by atoms with Crippen molar-refractivity contribution in [3.63, 3.8) is 0 Å². The summed E-state index contributed by atoms with van der Waals surface area (Å²) in [4.78, 5) is 1.29. The maximum Gasteiger partial charge on any atom is 0.0480 e. The minimum atomic E-state index is 0.473. The summed E-state index contributed by atoms with van der Waals surface area (Å²) in [5.41, 5.74) is 1.22. The molecule has 0 atom stereocenters. The zero-order valence-corrected chi connectivity index (χ0v) is 9.60. The number of nitrogens with one attached hydrogen (secondary N) is 1. The van der Waals surface area contributed by atoms with Crippen molar-refractivity contribution in [3.05, 3.63) is 36.9 Å². The SMILES string of the molecule is C=CCSc1ccccc1NC(C)C. The first-order chi connectivity index (χ1) is 6.74. The first kappa shape index (κ1) is 11.2. The Balaban J connectivity index is 2.74. The lowest BCUT2D eigenvalue weighted by molar-refractivity contribution is 0.894. The standard InChI is InChI=1S/C12H17NS/c1-4-9-14-12-8-6-5-7-11(12)13-10(2)3/h4-8,10,13H,1,9H2,2-3H3. The van der Waals surface area contributed by atoms with Crippen LogP contribution in [0.5, 0.6) is 0 Å². The van der Waals surface area contributed by atoms with Gasteiger partial charge in [-0.15, -0.1) is 18.3 Å². The van der Waals surface area contributed by atoms with Crippen molar-refractivity contribution in [2.75, 3.05) is 11.1 Å². The molecule has 0 radical (unpaired) electrons. The van der Waals surface area contributed by atoms with Gasteiger partial charge in [0.25, 0.3) is 0 Å². The van der Waals surface area contributed by atoms with E-state index >= 15 is 0 Å². The summed E-state index contributed by atoms with van der Waals surface area (Å²) in [6, 6.07) is 8.85. The molecule has 1 aromatic rings. The molecule has 0 heterocycles. The Kier molecular flexibility index (Phi) is 4.60. The van der Waals surface area contributed by atoms with Crippen LogP contribution in [-0.2, 0) is 0 Å². The molecule has 14 heavy (non-hydrogen) atoms. The van der Waals surface area contributed by atoms with E-state index in [2.05, 4.69) is 50.0 Å². The summed E-state index contributed by atoms with van der Waals surface area (Å²) in [6.45, 7) is 8.02. The largest absolute Gasteiger partial charge is 0.382 e. The van der Waals surface area contributed by atoms with Crippen LogP contribution in [0.3, 0.4) is 0 Å². The fourth-order valence-electron chi connectivity index (χ4n) is 1.17. The summed E-state index contributed by atoms with van der Waals surface area (Å²) < 4.78 is 0. The lowest BCUT2D eigenvalue weighted by Gasteiger charge is -2.13. The zero-order valence-electron chi connectivity index (χ0n) is 8.79. The Labute approximate surface area is 90.6 Å². The molecule has 1 rings (SSSR count). The highest BCUT2D eigenvalue weighted by atomic mass is 32.2. The van der Waals surface area contributed by atoms with Crippen molar-refractivity contribution >= 4 is 17.4 Å². The number of hydrogen-bond acceptors (Lipinski definition) is 2. The lowest BCUT2D eigenvalue weighted by atomic mass is 10.3. The second-order valence-corrected chi connectivity index (χ2v) is 4.46. The van der Waals surface area contributed by atoms with Gasteiger partial charge in [-0.05, 0) is 26.0 Å². The van der Waals surface area contributed by atoms with Crippen LogP contribution < -0.4 is 5.32 Å². The van der Waals surface area contributed by atoms with Gasteiger partial charge in [-0.1, -0.05) is 18.2 Å². The molecule has 1 nitrogen and oxygen atoms in total. The van der Waals surface area contributed by atoms with E-state index in [0.717, 1.165) is 5.75 Å². The molecule has 0 unspecified atom stereocenters. The summed E-state index contributed by atoms with van der Waals surface area (Å²) in [5, 5.41) is 3.43. The molecule has 0 amide bonds. The van der Waals surface area contributed by atoms with Crippen molar-refractivity contribution in [2.45, 2.75) is 24.8 Å². The molecule has 0 bridgehead atoms. The molecule has 76 valence electrons. The topological polar surface area (TPSA) is 12.0 Å². The fourth-order valence-corrected chi connectivity index (χ4v) is 1.93. The number of benzene rings is 1. The van der Waals surface area contributed by atoms with E-state index in [1.165, 1.54) is 10.6 Å². The average molecular weight is 207 g/mol. The Morgan fingerprint density at radius 3 is 2.79 bits per heavy atom. The van der Waals surface area contributed by atoms with Crippen molar-refractivity contribution in [3.8, 4) is 0 Å². The molecule has 0 aliphatic rings. The van der Waals surface area contributed by atoms with Gasteiger partial charge in [0.05, 0.1) is 0 Å². The molecular weight excluding hydrogens is 190 g/mol. The molecule has 0 aliphatic heterocycles. The van der Waals surface area contributed by atoms with Crippen molar-refractivity contribution in [1.82, 2.24) is 0 Å². The monoisotopic (exact) mass is 207 g/mol. The van der Waals surface area contributed by atoms with Gasteiger partial charge < -0.3 is 5.32 Å². The van der Waals surface area contributed by atoms with Gasteiger partial charge >= 0.3 is 0 Å². The van der Waals surface area contributed by atoms with Gasteiger partial charge in [0.15, 0.2) is 0 Å². The van der Waals surface area contributed by atoms with E-state index < -0.39 is 0 Å². The second kappa shape index (κ2) is 5.76. The van der Waals surface area contributed by atoms with Crippen LogP contribution in [0.2, 0.25) is 0 Å². The van der Waals surface area contributed by atoms with Crippen LogP contribution in [0.25, 0.3) is 0 Å². The quantitative estimate of drug-likeness (QED) is 0.582. The number of para-hydroxylation sites is 1. The first-order valence-electron chi connectivity index (χ1n) is 4.83. The van der Waals surface area contributed by atoms with E-state index in [-0.39, 0.29) is 0 Å². The average Bonchev–Trinajstić information content (AvgIpc) is 2.16. The third-order valence-corrected chi connectivity index (χ3v) is 2.76. The molecule has 1 aromatic carbocycles. The summed E-state index contributed by atoms with van der Waals surface area (Å²) in [6.07, 6.45) is 1.93. The highest BCUT2D eigenvalue weighted by Crippen LogP contribution is 2.27. The minimum Gasteiger partial charge on any atom is -0.382 e. The van der Waals surface area contributed by atoms with E-state index in [4.69, 9.17) is 0 Å². The molecule has 1 N–H and O–H groups in total. The van der Waals surface area contributed by atoms with E-state index in [0.29, 0.717) is 6.04 Å². The van der Waals surface area contributed by atoms with Gasteiger partial charge in [0.1, 0.15) is 0 Å². The van der Waals surface area contributed by atoms with Gasteiger partial charge in [0, 0.05) is 22.4 Å². The maximum absolute atomic E-state index is 3.73. The highest BCUT2D eigenvalue weighted by molar-refractivity contribution is 7.99. The lowest BCUT2D eigenvalue weighted by Crippen LogP contribution is -2.10. The van der Waals surface area contributed by atoms with Crippen LogP contribution in [0, 0.1) is 0 Å². The van der Waals surface area contributed by atoms with Crippen LogP contribution >= 0.6 is 11.8 Å². The second-order valence-electron chi connectivity index (χ2n) is 3.39. The fraction of sp³-hybridized carbons (Fsp3) is 0.333. The Morgan fingerprint density at radius 2 is 2.14 bits per heavy atom. The summed E-state index contributed by atoms with van der Waals surface area (Å²) in [7, 11) is 0. The molecule has 0 saturated carbocycles. The summed E-state index contributed by atoms with van der Waals surface area (Å²) >= 11 is 1.81. The predicted molar refractivity (Wildman–Crippen MR) is 66.1 cm³/mol. The molecule has 0 fully saturated rings. The Morgan fingerprint density at radius 1 is 1.43 bits per heavy atom. The molecule has 0 aliphatic carbocycles. The van der Waals surface area contributed by atoms with Crippen LogP contribution in [0.4, 0.5) is 5.69 Å². The zero-order chi connectivity index (χ0) is 10.4. The maximum atomic E-state index is 3.73. The van der Waals surface area contributed by atoms with Crippen molar-refractivity contribution in [1.29, 1.82) is 0 Å². The van der Waals surface area contributed by atoms with E-state index in [1.54, 1.807) is 0 Å². The normalized spacial score (nSPS) is 10.2. The third kappa shape index (κ3) is 3.46. The first-order valence-corrected chi connectivity index (χ1v) is 5.82. The number of rotatable bonds is 5. The predicted octanol–water partition coefficient (Wildman–Crippen LogP) is 3.79. The van der Waals surface area contributed by atoms with Gasteiger partial charge in [-0.2, -0.15) is 0 Å². The Bertz CT molecular complexity index is 294. The van der Waals surface area contributed by atoms with Gasteiger partial charge in [-0.25, -0.2) is 0 Å². The third-order valence-electron chi connectivity index (χ3n) is 1.69. The molecule has 0 aromatic heterocycles. The van der Waals surface area contributed by atoms with Crippen molar-refractivity contribution in [2.24, 2.45) is 0 Å². The smallest absolute Gasteiger partial charge is 0.0480 e. The number of anilines is 1. The van der Waals surface area contributed by atoms with Gasteiger partial charge in [-0.3, -0.25) is 0 Å². The van der Waals surface area contributed by atoms with Gasteiger partial charge in [0.2, 0.25) is 0 Å². The number of thioether (sulfide) groups is 1. The van der Waals surface area contributed by atoms with Crippen LogP contribution in [0.1, 0.15) is 13.8 Å². The van der Waals surface area contributed by atoms with Crippen LogP contribution in [-0.4, -0.2) is 11.8 Å². The van der Waals surface area contributed by atoms with E-state index in [1.807, 2.05) is 17.8 Å². The highest BCUT2D eigenvalue weighted by Gasteiger charge is 2.01. The van der Waals surface area contributed by atoms with Crippen LogP contribution in [0.15, 0.2) is 41.8 Å². The van der Waals surface area contributed by atoms with Crippen molar-refractivity contribution < 1.29 is 0 Å². The molecule has 2 heteroatoms. The summed E-state index contributed by atoms with van der Waals surface area (Å²) in [5.74, 6) is 0.955. The van der Waals surface area contributed by atoms with E-state index in [9.17, 15) is 0 Å². The molecule has 0 spiro atoms. The molecular formula is C12H17NS. The number of hydrogen-bond donors (Lipinski definition) is 1. The minimum absolute atomic E-state index is 0.473. The molecule has 0 saturated heterocycles.